The van der Waals surface area contributed by atoms with Gasteiger partial charge < -0.3 is 0 Å². The molecule has 1 saturated carbocycles. The number of rotatable bonds is 5. The third-order valence-corrected chi connectivity index (χ3v) is 5.27. The second-order valence-electron chi connectivity index (χ2n) is 5.49. The van der Waals surface area contributed by atoms with Gasteiger partial charge in [0.15, 0.2) is 10.7 Å². The molecule has 7 nitrogen and oxygen atoms in total. The first-order valence-electron chi connectivity index (χ1n) is 6.75. The molecule has 0 bridgehead atoms. The highest BCUT2D eigenvalue weighted by Crippen LogP contribution is 2.42. The fraction of sp³-hybridized carbons (Fsp3) is 0.500. The molecule has 2 heterocycles. The van der Waals surface area contributed by atoms with Gasteiger partial charge in [0.1, 0.15) is 0 Å². The van der Waals surface area contributed by atoms with Gasteiger partial charge in [0.2, 0.25) is 0 Å². The van der Waals surface area contributed by atoms with E-state index in [2.05, 4.69) is 14.9 Å². The zero-order chi connectivity index (χ0) is 16.9. The Bertz CT molecular complexity index is 806. The molecule has 0 amide bonds. The second kappa shape index (κ2) is 5.06. The summed E-state index contributed by atoms with van der Waals surface area (Å²) in [7, 11) is -2.95. The Balaban J connectivity index is 1.79. The fourth-order valence-corrected chi connectivity index (χ4v) is 3.59. The lowest BCUT2D eigenvalue weighted by Gasteiger charge is -2.16. The molecule has 0 aliphatic heterocycles. The molecule has 11 heteroatoms. The third-order valence-electron chi connectivity index (χ3n) is 3.81. The van der Waals surface area contributed by atoms with Crippen LogP contribution in [-0.2, 0) is 28.8 Å². The number of halogens is 3. The molecule has 0 aromatic carbocycles. The summed E-state index contributed by atoms with van der Waals surface area (Å²) < 4.78 is 67.2. The zero-order valence-corrected chi connectivity index (χ0v) is 12.9. The highest BCUT2D eigenvalue weighted by Gasteiger charge is 2.46. The van der Waals surface area contributed by atoms with Crippen molar-refractivity contribution in [3.63, 3.8) is 0 Å². The molecule has 0 radical (unpaired) electrons. The molecular weight excluding hydrogens is 335 g/mol. The molecule has 3 rings (SSSR count). The van der Waals surface area contributed by atoms with Gasteiger partial charge in [0.05, 0.1) is 5.54 Å². The van der Waals surface area contributed by atoms with Crippen LogP contribution in [0, 0.1) is 0 Å². The van der Waals surface area contributed by atoms with E-state index in [1.54, 1.807) is 23.1 Å². The number of sulfonamides is 1. The van der Waals surface area contributed by atoms with Crippen LogP contribution in [0.1, 0.15) is 18.5 Å². The van der Waals surface area contributed by atoms with E-state index in [0.717, 1.165) is 19.9 Å². The third kappa shape index (κ3) is 2.98. The molecule has 1 aliphatic carbocycles. The number of nitrogens with zero attached hydrogens (tertiary/aromatic N) is 4. The van der Waals surface area contributed by atoms with Gasteiger partial charge in [-0.15, -0.1) is 0 Å². The molecule has 126 valence electrons. The van der Waals surface area contributed by atoms with Crippen LogP contribution in [0.3, 0.4) is 0 Å². The average molecular weight is 349 g/mol. The predicted molar refractivity (Wildman–Crippen MR) is 72.8 cm³/mol. The van der Waals surface area contributed by atoms with Gasteiger partial charge in [0.25, 0.3) is 10.0 Å². The summed E-state index contributed by atoms with van der Waals surface area (Å²) in [5, 5.41) is 6.78. The molecule has 1 N–H and O–H groups in total. The van der Waals surface area contributed by atoms with Crippen LogP contribution in [-0.4, -0.2) is 34.5 Å². The topological polar surface area (TPSA) is 81.8 Å². The van der Waals surface area contributed by atoms with Gasteiger partial charge in [-0.05, 0) is 18.9 Å². The number of alkyl halides is 3. The minimum atomic E-state index is -4.70. The van der Waals surface area contributed by atoms with E-state index in [-0.39, 0.29) is 6.54 Å². The summed E-state index contributed by atoms with van der Waals surface area (Å²) in [5.41, 5.74) is -1.68. The van der Waals surface area contributed by atoms with Crippen molar-refractivity contribution in [2.45, 2.75) is 29.6 Å². The summed E-state index contributed by atoms with van der Waals surface area (Å²) >= 11 is 0. The van der Waals surface area contributed by atoms with Crippen LogP contribution in [0.5, 0.6) is 0 Å². The number of hydrogen-bond donors (Lipinski definition) is 1. The summed E-state index contributed by atoms with van der Waals surface area (Å²) in [6.07, 6.45) is 0.115. The number of nitrogens with one attached hydrogen (secondary N) is 1. The maximum absolute atomic E-state index is 12.6. The highest BCUT2D eigenvalue weighted by molar-refractivity contribution is 7.89. The summed E-state index contributed by atoms with van der Waals surface area (Å²) in [6, 6.07) is 2.25. The monoisotopic (exact) mass is 349 g/mol. The van der Waals surface area contributed by atoms with Gasteiger partial charge in [0, 0.05) is 32.1 Å². The van der Waals surface area contributed by atoms with Crippen LogP contribution in [0.15, 0.2) is 29.6 Å². The van der Waals surface area contributed by atoms with Gasteiger partial charge in [-0.25, -0.2) is 13.1 Å². The molecule has 0 saturated heterocycles. The Morgan fingerprint density at radius 1 is 1.39 bits per heavy atom. The highest BCUT2D eigenvalue weighted by atomic mass is 32.2. The fourth-order valence-electron chi connectivity index (χ4n) is 2.32. The van der Waals surface area contributed by atoms with E-state index in [4.69, 9.17) is 0 Å². The Hall–Kier alpha value is -1.88. The maximum atomic E-state index is 12.6. The molecule has 0 unspecified atom stereocenters. The number of hydrogen-bond acceptors (Lipinski definition) is 4. The van der Waals surface area contributed by atoms with Crippen molar-refractivity contribution < 1.29 is 21.6 Å². The molecule has 23 heavy (non-hydrogen) atoms. The Labute approximate surface area is 130 Å². The molecule has 2 aromatic heterocycles. The summed E-state index contributed by atoms with van der Waals surface area (Å²) in [5.74, 6) is 0. The Kier molecular flexibility index (Phi) is 3.52. The van der Waals surface area contributed by atoms with Gasteiger partial charge in [-0.2, -0.15) is 23.4 Å². The smallest absolute Gasteiger partial charge is 0.265 e. The largest absolute Gasteiger partial charge is 0.435 e. The Morgan fingerprint density at radius 2 is 2.09 bits per heavy atom. The summed E-state index contributed by atoms with van der Waals surface area (Å²) in [4.78, 5) is 0. The van der Waals surface area contributed by atoms with Crippen molar-refractivity contribution >= 4 is 10.0 Å². The minimum Gasteiger partial charge on any atom is -0.265 e. The van der Waals surface area contributed by atoms with E-state index in [1.807, 2.05) is 0 Å². The van der Waals surface area contributed by atoms with Crippen molar-refractivity contribution in [1.82, 2.24) is 24.3 Å². The lowest BCUT2D eigenvalue weighted by Crippen LogP contribution is -2.36. The van der Waals surface area contributed by atoms with Crippen LogP contribution in [0.4, 0.5) is 13.2 Å². The zero-order valence-electron chi connectivity index (χ0n) is 12.1. The lowest BCUT2D eigenvalue weighted by molar-refractivity contribution is -0.141. The van der Waals surface area contributed by atoms with Crippen molar-refractivity contribution in [3.8, 4) is 0 Å². The maximum Gasteiger partial charge on any atom is 0.435 e. The second-order valence-corrected chi connectivity index (χ2v) is 7.20. The van der Waals surface area contributed by atoms with Crippen LogP contribution >= 0.6 is 0 Å². The quantitative estimate of drug-likeness (QED) is 0.877. The van der Waals surface area contributed by atoms with Crippen LogP contribution in [0.2, 0.25) is 0 Å². The molecule has 2 aromatic rings. The summed E-state index contributed by atoms with van der Waals surface area (Å²) in [6.45, 7) is 0.0591. The first kappa shape index (κ1) is 16.0. The van der Waals surface area contributed by atoms with Gasteiger partial charge in [-0.1, -0.05) is 0 Å². The molecule has 1 aliphatic rings. The first-order chi connectivity index (χ1) is 10.6. The number of aromatic nitrogens is 4. The van der Waals surface area contributed by atoms with E-state index in [9.17, 15) is 21.6 Å². The van der Waals surface area contributed by atoms with Crippen LogP contribution in [0.25, 0.3) is 0 Å². The van der Waals surface area contributed by atoms with Crippen LogP contribution < -0.4 is 4.72 Å². The minimum absolute atomic E-state index is 0.0591. The van der Waals surface area contributed by atoms with E-state index in [1.165, 1.54) is 0 Å². The molecule has 0 spiro atoms. The SMILES string of the molecule is Cn1nc(C(F)(F)F)cc1S(=O)(=O)NCC1(n2cccn2)CC1. The first-order valence-corrected chi connectivity index (χ1v) is 8.23. The van der Waals surface area contributed by atoms with Gasteiger partial charge in [-0.3, -0.25) is 9.36 Å². The normalized spacial score (nSPS) is 17.4. The van der Waals surface area contributed by atoms with Gasteiger partial charge >= 0.3 is 6.18 Å². The molecule has 1 fully saturated rings. The van der Waals surface area contributed by atoms with Crippen molar-refractivity contribution in [2.75, 3.05) is 6.54 Å². The predicted octanol–water partition coefficient (Wildman–Crippen LogP) is 1.10. The van der Waals surface area contributed by atoms with E-state index >= 15 is 0 Å². The van der Waals surface area contributed by atoms with Crippen molar-refractivity contribution in [2.24, 2.45) is 7.05 Å². The van der Waals surface area contributed by atoms with E-state index < -0.39 is 32.5 Å². The molecule has 0 atom stereocenters. The lowest BCUT2D eigenvalue weighted by atomic mass is 10.3. The standard InChI is InChI=1S/C12H14F3N5O2S/c1-19-10(7-9(18-19)12(13,14)15)23(21,22)17-8-11(3-4-11)20-6-2-5-16-20/h2,5-7,17H,3-4,8H2,1H3. The van der Waals surface area contributed by atoms with Crippen molar-refractivity contribution in [1.29, 1.82) is 0 Å². The molecular formula is C12H14F3N5O2S. The van der Waals surface area contributed by atoms with E-state index in [0.29, 0.717) is 10.7 Å². The number of aryl methyl sites for hydroxylation is 1. The van der Waals surface area contributed by atoms with Crippen molar-refractivity contribution in [3.05, 3.63) is 30.2 Å². The Morgan fingerprint density at radius 3 is 2.57 bits per heavy atom. The average Bonchev–Trinajstić information content (AvgIpc) is 2.88.